The highest BCUT2D eigenvalue weighted by Gasteiger charge is 2.48. The molecule has 2 fully saturated rings. The van der Waals surface area contributed by atoms with Gasteiger partial charge in [0.2, 0.25) is 11.7 Å². The predicted octanol–water partition coefficient (Wildman–Crippen LogP) is 5.97. The van der Waals surface area contributed by atoms with Crippen LogP contribution in [0.15, 0.2) is 37.1 Å². The number of rotatable bonds is 11. The number of ether oxygens (including phenoxy) is 2. The number of nitrogens with zero attached hydrogens (tertiary/aromatic N) is 8. The number of aromatic nitrogens is 7. The summed E-state index contributed by atoms with van der Waals surface area (Å²) >= 11 is 0. The van der Waals surface area contributed by atoms with E-state index in [1.165, 1.54) is 12.4 Å². The van der Waals surface area contributed by atoms with Crippen LogP contribution in [-0.4, -0.2) is 136 Å². The number of likely N-dealkylation sites (tertiary alicyclic amines) is 1. The van der Waals surface area contributed by atoms with Crippen LogP contribution in [0.5, 0.6) is 5.88 Å². The second kappa shape index (κ2) is 22.2. The Morgan fingerprint density at radius 3 is 1.98 bits per heavy atom. The van der Waals surface area contributed by atoms with E-state index in [-0.39, 0.29) is 36.3 Å². The Balaban J connectivity index is 0.000000457. The number of hydrogen-bond donors (Lipinski definition) is 5. The first-order chi connectivity index (χ1) is 30.5. The molecule has 1 unspecified atom stereocenters. The van der Waals surface area contributed by atoms with Crippen molar-refractivity contribution < 1.29 is 91.9 Å². The van der Waals surface area contributed by atoms with Gasteiger partial charge < -0.3 is 35.1 Å². The van der Waals surface area contributed by atoms with E-state index in [0.717, 1.165) is 35.1 Å². The van der Waals surface area contributed by atoms with E-state index in [9.17, 15) is 57.9 Å². The number of carbonyl (C=O) groups is 3. The van der Waals surface area contributed by atoms with Crippen molar-refractivity contribution in [2.45, 2.75) is 94.0 Å². The molecule has 0 spiro atoms. The van der Waals surface area contributed by atoms with Gasteiger partial charge in [-0.1, -0.05) is 0 Å². The maximum absolute atomic E-state index is 13.5. The van der Waals surface area contributed by atoms with Crippen molar-refractivity contribution in [2.24, 2.45) is 0 Å². The first kappa shape index (κ1) is 54.0. The second-order valence-electron chi connectivity index (χ2n) is 14.3. The third-order valence-electron chi connectivity index (χ3n) is 9.33. The summed E-state index contributed by atoms with van der Waals surface area (Å²) in [6, 6.07) is 5.97. The van der Waals surface area contributed by atoms with E-state index in [1.807, 2.05) is 30.1 Å². The van der Waals surface area contributed by atoms with Gasteiger partial charge in [0.15, 0.2) is 0 Å². The number of carboxylic acid groups (broad SMARTS) is 3. The molecule has 1 atom stereocenters. The zero-order chi connectivity index (χ0) is 49.8. The van der Waals surface area contributed by atoms with Crippen LogP contribution < -0.4 is 10.1 Å². The van der Waals surface area contributed by atoms with E-state index in [2.05, 4.69) is 46.3 Å². The van der Waals surface area contributed by atoms with Crippen molar-refractivity contribution >= 4 is 28.9 Å². The predicted molar refractivity (Wildman–Crippen MR) is 198 cm³/mol. The summed E-state index contributed by atoms with van der Waals surface area (Å²) in [6.45, 7) is 3.79. The van der Waals surface area contributed by atoms with Gasteiger partial charge in [-0.25, -0.2) is 29.3 Å². The lowest BCUT2D eigenvalue weighted by Gasteiger charge is -2.53. The molecule has 1 aliphatic heterocycles. The van der Waals surface area contributed by atoms with Crippen molar-refractivity contribution in [3.8, 4) is 23.2 Å². The Morgan fingerprint density at radius 1 is 0.924 bits per heavy atom. The molecule has 4 aromatic heterocycles. The third-order valence-corrected chi connectivity index (χ3v) is 9.33. The van der Waals surface area contributed by atoms with Crippen LogP contribution in [0.4, 0.5) is 52.7 Å². The number of carboxylic acids is 3. The van der Waals surface area contributed by atoms with Gasteiger partial charge in [0.05, 0.1) is 36.7 Å². The molecule has 364 valence electrons. The molecule has 0 radical (unpaired) electrons. The lowest BCUT2D eigenvalue weighted by molar-refractivity contribution is -0.193. The summed E-state index contributed by atoms with van der Waals surface area (Å²) in [5.41, 5.74) is 2.16. The highest BCUT2D eigenvalue weighted by Crippen LogP contribution is 2.39. The number of aromatic amines is 1. The minimum absolute atomic E-state index is 0.0586. The average molecular weight is 967 g/mol. The van der Waals surface area contributed by atoms with Crippen molar-refractivity contribution in [1.29, 1.82) is 5.26 Å². The average Bonchev–Trinajstić information content (AvgIpc) is 3.89. The Hall–Kier alpha value is -6.35. The highest BCUT2D eigenvalue weighted by atomic mass is 19.4. The number of hydrogen-bond acceptors (Lipinski definition) is 13. The van der Waals surface area contributed by atoms with Gasteiger partial charge in [-0.05, 0) is 38.7 Å². The lowest BCUT2D eigenvalue weighted by Crippen LogP contribution is -2.65. The summed E-state index contributed by atoms with van der Waals surface area (Å²) in [5.74, 6) is -9.55. The van der Waals surface area contributed by atoms with Gasteiger partial charge in [0.1, 0.15) is 23.6 Å². The fourth-order valence-electron chi connectivity index (χ4n) is 6.30. The van der Waals surface area contributed by atoms with E-state index in [0.29, 0.717) is 39.0 Å². The zero-order valence-corrected chi connectivity index (χ0v) is 34.1. The SMILES string of the molecule is COCC(C)NCc1cc(O[C@H]2CC[C@@H](N3CC(CC#N)(n4cc(-c5ncnc6[nH]ccc56)cn4)C3)CC2)nc(C(F)(F)F)n1.O=C(O)C(F)(F)F.O=C(O)C(F)(F)F.O=C(O)C(F)(F)F. The van der Waals surface area contributed by atoms with Crippen LogP contribution in [0.3, 0.4) is 0 Å². The summed E-state index contributed by atoms with van der Waals surface area (Å²) < 4.78 is 149. The Kier molecular flexibility index (Phi) is 18.2. The molecule has 5 heterocycles. The first-order valence-corrected chi connectivity index (χ1v) is 18.7. The van der Waals surface area contributed by atoms with Crippen molar-refractivity contribution in [3.05, 3.63) is 48.6 Å². The maximum Gasteiger partial charge on any atom is 0.490 e. The summed E-state index contributed by atoms with van der Waals surface area (Å²) in [7, 11) is 1.56. The molecule has 18 nitrogen and oxygen atoms in total. The van der Waals surface area contributed by atoms with Crippen LogP contribution in [0.25, 0.3) is 22.3 Å². The monoisotopic (exact) mass is 966 g/mol. The molecule has 4 aromatic rings. The number of aliphatic carboxylic acids is 3. The van der Waals surface area contributed by atoms with Crippen LogP contribution >= 0.6 is 0 Å². The standard InChI is InChI=1S/C30H35F3N10O2.3C2HF3O2/c1-19(15-44-2)36-13-21-11-25(41-28(40-21)30(31,32)33)45-23-5-3-22(4-6-23)42-16-29(17-42,8-9-34)43-14-20(12-39-43)26-24-7-10-35-27(24)38-18-37-26;3*3-2(4,5)1(6)7/h7,10-12,14,18-19,22-23,36H,3-6,8,13,15-17H2,1-2H3,(H,35,37,38);3*(H,6,7)/t19?,22-,23+;;;. The third kappa shape index (κ3) is 15.7. The quantitative estimate of drug-likeness (QED) is 0.109. The van der Waals surface area contributed by atoms with Gasteiger partial charge in [-0.3, -0.25) is 9.58 Å². The number of halogens is 12. The van der Waals surface area contributed by atoms with E-state index in [4.69, 9.17) is 39.2 Å². The molecular weight excluding hydrogens is 928 g/mol. The first-order valence-electron chi connectivity index (χ1n) is 18.7. The number of nitriles is 1. The van der Waals surface area contributed by atoms with Crippen LogP contribution in [0.1, 0.15) is 50.5 Å². The Morgan fingerprint density at radius 2 is 1.48 bits per heavy atom. The number of nitrogens with one attached hydrogen (secondary N) is 2. The summed E-state index contributed by atoms with van der Waals surface area (Å²) in [6.07, 6.45) is -9.78. The molecule has 0 amide bonds. The minimum Gasteiger partial charge on any atom is -0.475 e. The number of methoxy groups -OCH3 is 1. The van der Waals surface area contributed by atoms with Crippen molar-refractivity contribution in [3.63, 3.8) is 0 Å². The number of fused-ring (bicyclic) bond motifs is 1. The fraction of sp³-hybridized carbons (Fsp3) is 0.528. The summed E-state index contributed by atoms with van der Waals surface area (Å²) in [4.78, 5) is 48.2. The largest absolute Gasteiger partial charge is 0.490 e. The molecule has 2 aliphatic rings. The van der Waals surface area contributed by atoms with E-state index in [1.54, 1.807) is 13.3 Å². The van der Waals surface area contributed by atoms with Gasteiger partial charge in [0.25, 0.3) is 0 Å². The molecule has 5 N–H and O–H groups in total. The topological polar surface area (TPSA) is 255 Å². The van der Waals surface area contributed by atoms with E-state index < -0.39 is 54.0 Å². The smallest absolute Gasteiger partial charge is 0.475 e. The molecule has 30 heteroatoms. The van der Waals surface area contributed by atoms with Crippen molar-refractivity contribution in [1.82, 2.24) is 44.9 Å². The molecule has 66 heavy (non-hydrogen) atoms. The second-order valence-corrected chi connectivity index (χ2v) is 14.3. The molecule has 1 aliphatic carbocycles. The fourth-order valence-corrected chi connectivity index (χ4v) is 6.30. The maximum atomic E-state index is 13.5. The normalized spacial score (nSPS) is 17.8. The van der Waals surface area contributed by atoms with E-state index >= 15 is 0 Å². The number of alkyl halides is 12. The van der Waals surface area contributed by atoms with Gasteiger partial charge >= 0.3 is 42.6 Å². The van der Waals surface area contributed by atoms with Gasteiger partial charge in [-0.2, -0.15) is 68.0 Å². The molecule has 0 aromatic carbocycles. The van der Waals surface area contributed by atoms with Crippen LogP contribution in [0.2, 0.25) is 0 Å². The highest BCUT2D eigenvalue weighted by molar-refractivity contribution is 5.90. The molecule has 6 rings (SSSR count). The molecule has 1 saturated carbocycles. The zero-order valence-electron chi connectivity index (χ0n) is 34.1. The number of H-pyrrole nitrogens is 1. The van der Waals surface area contributed by atoms with Crippen LogP contribution in [-0.2, 0) is 37.4 Å². The molecule has 0 bridgehead atoms. The molecular formula is C36H38F12N10O8. The molecule has 1 saturated heterocycles. The van der Waals surface area contributed by atoms with Gasteiger partial charge in [-0.15, -0.1) is 0 Å². The summed E-state index contributed by atoms with van der Waals surface area (Å²) in [5, 5.41) is 39.7. The minimum atomic E-state index is -5.08. The lowest BCUT2D eigenvalue weighted by atomic mass is 9.82. The van der Waals surface area contributed by atoms with Crippen molar-refractivity contribution in [2.75, 3.05) is 26.8 Å². The van der Waals surface area contributed by atoms with Crippen LogP contribution in [0, 0.1) is 11.3 Å². The van der Waals surface area contributed by atoms with Gasteiger partial charge in [0, 0.05) is 68.2 Å². The Bertz CT molecular complexity index is 2220. The Labute approximate surface area is 363 Å².